The van der Waals surface area contributed by atoms with Gasteiger partial charge in [0.05, 0.1) is 0 Å². The van der Waals surface area contributed by atoms with Crippen LogP contribution >= 0.6 is 0 Å². The van der Waals surface area contributed by atoms with E-state index in [1.165, 1.54) is 6.07 Å². The maximum absolute atomic E-state index is 11.1. The van der Waals surface area contributed by atoms with Crippen LogP contribution in [0.2, 0.25) is 0 Å². The lowest BCUT2D eigenvalue weighted by Crippen LogP contribution is -2.06. The van der Waals surface area contributed by atoms with E-state index in [0.29, 0.717) is 12.1 Å². The van der Waals surface area contributed by atoms with Gasteiger partial charge in [-0.3, -0.25) is 0 Å². The molecule has 0 radical (unpaired) electrons. The van der Waals surface area contributed by atoms with E-state index in [-0.39, 0.29) is 5.63 Å². The molecule has 2 aromatic rings. The Morgan fingerprint density at radius 1 is 1.29 bits per heavy atom. The van der Waals surface area contributed by atoms with Crippen LogP contribution in [-0.4, -0.2) is 7.05 Å². The van der Waals surface area contributed by atoms with Crippen molar-refractivity contribution >= 4 is 11.0 Å². The van der Waals surface area contributed by atoms with Crippen molar-refractivity contribution < 1.29 is 4.42 Å². The first-order chi connectivity index (χ1) is 6.81. The van der Waals surface area contributed by atoms with Gasteiger partial charge in [0.1, 0.15) is 5.58 Å². The Morgan fingerprint density at radius 3 is 2.93 bits per heavy atom. The summed E-state index contributed by atoms with van der Waals surface area (Å²) >= 11 is 0. The predicted molar refractivity (Wildman–Crippen MR) is 55.2 cm³/mol. The number of hydrogen-bond donors (Lipinski definition) is 1. The maximum atomic E-state index is 11.1. The lowest BCUT2D eigenvalue weighted by Gasteiger charge is -2.02. The standard InChI is InChI=1S/C11H11NO2/c1-12-7-9-4-2-3-8-5-6-10(13)14-11(8)9/h2-6,12H,7H2,1H3. The van der Waals surface area contributed by atoms with E-state index in [1.807, 2.05) is 25.2 Å². The van der Waals surface area contributed by atoms with Crippen molar-refractivity contribution in [3.05, 3.63) is 46.3 Å². The van der Waals surface area contributed by atoms with Crippen LogP contribution in [0.15, 0.2) is 39.5 Å². The lowest BCUT2D eigenvalue weighted by atomic mass is 10.1. The third kappa shape index (κ3) is 1.54. The number of benzene rings is 1. The van der Waals surface area contributed by atoms with Gasteiger partial charge in [-0.2, -0.15) is 0 Å². The smallest absolute Gasteiger partial charge is 0.336 e. The minimum absolute atomic E-state index is 0.305. The molecule has 1 aromatic carbocycles. The molecule has 0 spiro atoms. The van der Waals surface area contributed by atoms with Gasteiger partial charge < -0.3 is 9.73 Å². The number of fused-ring (bicyclic) bond motifs is 1. The molecular formula is C11H11NO2. The van der Waals surface area contributed by atoms with Crippen molar-refractivity contribution in [3.8, 4) is 0 Å². The molecule has 1 aromatic heterocycles. The minimum atomic E-state index is -0.305. The van der Waals surface area contributed by atoms with Gasteiger partial charge in [-0.05, 0) is 13.1 Å². The van der Waals surface area contributed by atoms with E-state index in [9.17, 15) is 4.79 Å². The van der Waals surface area contributed by atoms with E-state index in [0.717, 1.165) is 10.9 Å². The van der Waals surface area contributed by atoms with Crippen LogP contribution in [0.1, 0.15) is 5.56 Å². The zero-order valence-electron chi connectivity index (χ0n) is 7.91. The van der Waals surface area contributed by atoms with E-state index < -0.39 is 0 Å². The fourth-order valence-electron chi connectivity index (χ4n) is 1.48. The summed E-state index contributed by atoms with van der Waals surface area (Å²) in [6.07, 6.45) is 0. The van der Waals surface area contributed by atoms with Gasteiger partial charge in [-0.1, -0.05) is 18.2 Å². The quantitative estimate of drug-likeness (QED) is 0.728. The molecule has 72 valence electrons. The third-order valence-electron chi connectivity index (χ3n) is 2.10. The van der Waals surface area contributed by atoms with Gasteiger partial charge >= 0.3 is 5.63 Å². The Morgan fingerprint density at radius 2 is 2.14 bits per heavy atom. The Kier molecular flexibility index (Phi) is 2.33. The highest BCUT2D eigenvalue weighted by molar-refractivity contribution is 5.79. The van der Waals surface area contributed by atoms with Crippen LogP contribution in [0, 0.1) is 0 Å². The average molecular weight is 189 g/mol. The SMILES string of the molecule is CNCc1cccc2ccc(=O)oc12. The van der Waals surface area contributed by atoms with E-state index in [4.69, 9.17) is 4.42 Å². The molecule has 0 unspecified atom stereocenters. The molecule has 0 bridgehead atoms. The van der Waals surface area contributed by atoms with Gasteiger partial charge in [-0.15, -0.1) is 0 Å². The van der Waals surface area contributed by atoms with Crippen molar-refractivity contribution in [2.24, 2.45) is 0 Å². The summed E-state index contributed by atoms with van der Waals surface area (Å²) < 4.78 is 5.15. The predicted octanol–water partition coefficient (Wildman–Crippen LogP) is 1.51. The zero-order valence-corrected chi connectivity index (χ0v) is 7.91. The van der Waals surface area contributed by atoms with Crippen molar-refractivity contribution in [1.29, 1.82) is 0 Å². The van der Waals surface area contributed by atoms with Crippen LogP contribution in [0.4, 0.5) is 0 Å². The van der Waals surface area contributed by atoms with E-state index in [1.54, 1.807) is 6.07 Å². The van der Waals surface area contributed by atoms with Crippen LogP contribution in [-0.2, 0) is 6.54 Å². The molecule has 0 fully saturated rings. The van der Waals surface area contributed by atoms with Gasteiger partial charge in [0.15, 0.2) is 0 Å². The Hall–Kier alpha value is -1.61. The van der Waals surface area contributed by atoms with E-state index in [2.05, 4.69) is 5.32 Å². The fourth-order valence-corrected chi connectivity index (χ4v) is 1.48. The summed E-state index contributed by atoms with van der Waals surface area (Å²) in [6, 6.07) is 9.04. The first kappa shape index (κ1) is 8.97. The van der Waals surface area contributed by atoms with E-state index >= 15 is 0 Å². The second kappa shape index (κ2) is 3.64. The van der Waals surface area contributed by atoms with Crippen molar-refractivity contribution in [2.45, 2.75) is 6.54 Å². The summed E-state index contributed by atoms with van der Waals surface area (Å²) in [5.41, 5.74) is 1.37. The lowest BCUT2D eigenvalue weighted by molar-refractivity contribution is 0.555. The maximum Gasteiger partial charge on any atom is 0.336 e. The fraction of sp³-hybridized carbons (Fsp3) is 0.182. The normalized spacial score (nSPS) is 10.6. The molecule has 14 heavy (non-hydrogen) atoms. The molecule has 0 aliphatic carbocycles. The first-order valence-corrected chi connectivity index (χ1v) is 4.47. The molecule has 0 atom stereocenters. The number of rotatable bonds is 2. The summed E-state index contributed by atoms with van der Waals surface area (Å²) in [5.74, 6) is 0. The third-order valence-corrected chi connectivity index (χ3v) is 2.10. The molecule has 1 heterocycles. The molecule has 0 aliphatic rings. The zero-order chi connectivity index (χ0) is 9.97. The minimum Gasteiger partial charge on any atom is -0.422 e. The van der Waals surface area contributed by atoms with Crippen LogP contribution < -0.4 is 10.9 Å². The van der Waals surface area contributed by atoms with Gasteiger partial charge in [0, 0.05) is 23.6 Å². The highest BCUT2D eigenvalue weighted by Gasteiger charge is 2.02. The van der Waals surface area contributed by atoms with Crippen LogP contribution in [0.25, 0.3) is 11.0 Å². The highest BCUT2D eigenvalue weighted by atomic mass is 16.4. The molecule has 0 amide bonds. The molecule has 2 rings (SSSR count). The largest absolute Gasteiger partial charge is 0.422 e. The second-order valence-electron chi connectivity index (χ2n) is 3.12. The molecule has 3 nitrogen and oxygen atoms in total. The molecule has 3 heteroatoms. The number of para-hydroxylation sites is 1. The van der Waals surface area contributed by atoms with Crippen molar-refractivity contribution in [3.63, 3.8) is 0 Å². The second-order valence-corrected chi connectivity index (χ2v) is 3.12. The Bertz CT molecular complexity index is 502. The molecular weight excluding hydrogens is 178 g/mol. The van der Waals surface area contributed by atoms with Crippen molar-refractivity contribution in [2.75, 3.05) is 7.05 Å². The molecule has 0 saturated carbocycles. The highest BCUT2D eigenvalue weighted by Crippen LogP contribution is 2.16. The van der Waals surface area contributed by atoms with Crippen LogP contribution in [0.3, 0.4) is 0 Å². The average Bonchev–Trinajstić information content (AvgIpc) is 2.19. The Labute approximate surface area is 81.4 Å². The number of hydrogen-bond acceptors (Lipinski definition) is 3. The van der Waals surface area contributed by atoms with Crippen molar-refractivity contribution in [1.82, 2.24) is 5.32 Å². The molecule has 0 saturated heterocycles. The Balaban J connectivity index is 2.71. The number of nitrogens with one attached hydrogen (secondary N) is 1. The monoisotopic (exact) mass is 189 g/mol. The van der Waals surface area contributed by atoms with Crippen LogP contribution in [0.5, 0.6) is 0 Å². The van der Waals surface area contributed by atoms with Gasteiger partial charge in [0.25, 0.3) is 0 Å². The molecule has 1 N–H and O–H groups in total. The molecule has 0 aliphatic heterocycles. The summed E-state index contributed by atoms with van der Waals surface area (Å²) in [7, 11) is 1.86. The van der Waals surface area contributed by atoms with Gasteiger partial charge in [-0.25, -0.2) is 4.79 Å². The topological polar surface area (TPSA) is 42.2 Å². The van der Waals surface area contributed by atoms with Gasteiger partial charge in [0.2, 0.25) is 0 Å². The summed E-state index contributed by atoms with van der Waals surface area (Å²) in [6.45, 7) is 0.699. The first-order valence-electron chi connectivity index (χ1n) is 4.47. The summed E-state index contributed by atoms with van der Waals surface area (Å²) in [4.78, 5) is 11.1. The summed E-state index contributed by atoms with van der Waals surface area (Å²) in [5, 5.41) is 3.99.